The van der Waals surface area contributed by atoms with Crippen molar-refractivity contribution in [1.82, 2.24) is 14.9 Å². The summed E-state index contributed by atoms with van der Waals surface area (Å²) in [5.74, 6) is 0.721. The molecule has 0 saturated carbocycles. The summed E-state index contributed by atoms with van der Waals surface area (Å²) in [6.07, 6.45) is 2.84. The van der Waals surface area contributed by atoms with E-state index in [0.29, 0.717) is 27.8 Å². The van der Waals surface area contributed by atoms with Crippen LogP contribution in [0, 0.1) is 5.92 Å². The third-order valence-corrected chi connectivity index (χ3v) is 7.13. The van der Waals surface area contributed by atoms with Crippen LogP contribution >= 0.6 is 23.1 Å². The number of aryl methyl sites for hydroxylation is 1. The van der Waals surface area contributed by atoms with Gasteiger partial charge in [0.25, 0.3) is 5.56 Å². The second kappa shape index (κ2) is 8.71. The number of benzene rings is 1. The van der Waals surface area contributed by atoms with Gasteiger partial charge in [-0.3, -0.25) is 14.2 Å². The standard InChI is InChI=1S/C22H25N3O2S2/c1-14(2)9-11-25-21(27)20-18(10-12-28-20)24-22(25)29-13-19(26)23-17-8-7-15-5-3-4-6-16(15)17/h3-6,10,12,14,17H,7-9,11,13H2,1-2H3,(H,23,26)/t17-/m0/s1. The maximum absolute atomic E-state index is 12.9. The first kappa shape index (κ1) is 20.2. The zero-order valence-electron chi connectivity index (χ0n) is 16.7. The molecule has 7 heteroatoms. The lowest BCUT2D eigenvalue weighted by molar-refractivity contribution is -0.119. The Morgan fingerprint density at radius 3 is 3.00 bits per heavy atom. The Labute approximate surface area is 178 Å². The summed E-state index contributed by atoms with van der Waals surface area (Å²) in [6.45, 7) is 4.90. The Hall–Kier alpha value is -2.12. The molecule has 1 aliphatic carbocycles. The fourth-order valence-electron chi connectivity index (χ4n) is 3.69. The number of nitrogens with one attached hydrogen (secondary N) is 1. The molecule has 1 aromatic carbocycles. The molecule has 0 unspecified atom stereocenters. The third-order valence-electron chi connectivity index (χ3n) is 5.26. The maximum atomic E-state index is 12.9. The number of amides is 1. The molecule has 5 nitrogen and oxygen atoms in total. The zero-order valence-corrected chi connectivity index (χ0v) is 18.3. The predicted octanol–water partition coefficient (Wildman–Crippen LogP) is 4.40. The van der Waals surface area contributed by atoms with Gasteiger partial charge in [0.05, 0.1) is 17.3 Å². The number of carbonyl (C=O) groups excluding carboxylic acids is 1. The second-order valence-corrected chi connectivity index (χ2v) is 9.67. The number of hydrogen-bond acceptors (Lipinski definition) is 5. The molecule has 0 fully saturated rings. The van der Waals surface area contributed by atoms with E-state index < -0.39 is 0 Å². The quantitative estimate of drug-likeness (QED) is 0.448. The molecule has 0 aliphatic heterocycles. The Kier molecular flexibility index (Phi) is 6.06. The normalized spacial score (nSPS) is 15.8. The van der Waals surface area contributed by atoms with Gasteiger partial charge in [0.2, 0.25) is 5.91 Å². The van der Waals surface area contributed by atoms with E-state index in [9.17, 15) is 9.59 Å². The van der Waals surface area contributed by atoms with Gasteiger partial charge in [-0.2, -0.15) is 0 Å². The molecule has 1 aliphatic rings. The van der Waals surface area contributed by atoms with E-state index in [1.54, 1.807) is 4.57 Å². The summed E-state index contributed by atoms with van der Waals surface area (Å²) in [4.78, 5) is 30.2. The van der Waals surface area contributed by atoms with E-state index in [1.807, 2.05) is 23.6 Å². The molecule has 2 heterocycles. The van der Waals surface area contributed by atoms with Crippen molar-refractivity contribution in [2.75, 3.05) is 5.75 Å². The van der Waals surface area contributed by atoms with Crippen LogP contribution < -0.4 is 10.9 Å². The molecule has 0 bridgehead atoms. The molecule has 2 aromatic heterocycles. The highest BCUT2D eigenvalue weighted by Crippen LogP contribution is 2.31. The average Bonchev–Trinajstić information content (AvgIpc) is 3.33. The number of thiophene rings is 1. The van der Waals surface area contributed by atoms with Gasteiger partial charge in [-0.05, 0) is 47.8 Å². The highest BCUT2D eigenvalue weighted by Gasteiger charge is 2.23. The molecular formula is C22H25N3O2S2. The van der Waals surface area contributed by atoms with Gasteiger partial charge < -0.3 is 5.32 Å². The van der Waals surface area contributed by atoms with Crippen LogP contribution in [0.25, 0.3) is 10.2 Å². The van der Waals surface area contributed by atoms with E-state index in [2.05, 4.69) is 36.3 Å². The highest BCUT2D eigenvalue weighted by molar-refractivity contribution is 7.99. The molecular weight excluding hydrogens is 402 g/mol. The van der Waals surface area contributed by atoms with Crippen LogP contribution in [0.5, 0.6) is 0 Å². The Bertz CT molecular complexity index is 1090. The van der Waals surface area contributed by atoms with Crippen molar-refractivity contribution in [1.29, 1.82) is 0 Å². The van der Waals surface area contributed by atoms with Gasteiger partial charge in [0.15, 0.2) is 5.16 Å². The van der Waals surface area contributed by atoms with Gasteiger partial charge in [0, 0.05) is 6.54 Å². The number of aromatic nitrogens is 2. The molecule has 0 saturated heterocycles. The first-order valence-corrected chi connectivity index (χ1v) is 11.9. The van der Waals surface area contributed by atoms with E-state index in [4.69, 9.17) is 0 Å². The lowest BCUT2D eigenvalue weighted by Crippen LogP contribution is -2.29. The summed E-state index contributed by atoms with van der Waals surface area (Å²) in [6, 6.07) is 10.2. The summed E-state index contributed by atoms with van der Waals surface area (Å²) >= 11 is 2.77. The first-order chi connectivity index (χ1) is 14.0. The Balaban J connectivity index is 1.48. The van der Waals surface area contributed by atoms with Crippen molar-refractivity contribution in [3.05, 3.63) is 57.2 Å². The predicted molar refractivity (Wildman–Crippen MR) is 120 cm³/mol. The molecule has 29 heavy (non-hydrogen) atoms. The third kappa shape index (κ3) is 4.41. The van der Waals surface area contributed by atoms with Gasteiger partial charge >= 0.3 is 0 Å². The number of fused-ring (bicyclic) bond motifs is 2. The van der Waals surface area contributed by atoms with Crippen molar-refractivity contribution in [2.45, 2.75) is 50.9 Å². The molecule has 0 radical (unpaired) electrons. The number of carbonyl (C=O) groups is 1. The van der Waals surface area contributed by atoms with Crippen LogP contribution in [0.3, 0.4) is 0 Å². The fourth-order valence-corrected chi connectivity index (χ4v) is 5.31. The number of hydrogen-bond donors (Lipinski definition) is 1. The maximum Gasteiger partial charge on any atom is 0.272 e. The Morgan fingerprint density at radius 2 is 2.17 bits per heavy atom. The van der Waals surface area contributed by atoms with Crippen LogP contribution in [-0.4, -0.2) is 21.2 Å². The van der Waals surface area contributed by atoms with E-state index in [1.165, 1.54) is 34.2 Å². The SMILES string of the molecule is CC(C)CCn1c(SCC(=O)N[C@H]2CCc3ccccc32)nc2ccsc2c1=O. The van der Waals surface area contributed by atoms with E-state index in [0.717, 1.165) is 19.3 Å². The fraction of sp³-hybridized carbons (Fsp3) is 0.409. The van der Waals surface area contributed by atoms with Crippen molar-refractivity contribution < 1.29 is 4.79 Å². The molecule has 1 amide bonds. The van der Waals surface area contributed by atoms with Crippen molar-refractivity contribution in [3.8, 4) is 0 Å². The summed E-state index contributed by atoms with van der Waals surface area (Å²) < 4.78 is 2.42. The highest BCUT2D eigenvalue weighted by atomic mass is 32.2. The van der Waals surface area contributed by atoms with Gasteiger partial charge in [-0.25, -0.2) is 4.98 Å². The Morgan fingerprint density at radius 1 is 1.34 bits per heavy atom. The molecule has 152 valence electrons. The van der Waals surface area contributed by atoms with E-state index in [-0.39, 0.29) is 23.3 Å². The average molecular weight is 428 g/mol. The smallest absolute Gasteiger partial charge is 0.272 e. The summed E-state index contributed by atoms with van der Waals surface area (Å²) in [5, 5.41) is 5.67. The van der Waals surface area contributed by atoms with Gasteiger partial charge in [-0.15, -0.1) is 11.3 Å². The van der Waals surface area contributed by atoms with E-state index >= 15 is 0 Å². The topological polar surface area (TPSA) is 64.0 Å². The monoisotopic (exact) mass is 427 g/mol. The zero-order chi connectivity index (χ0) is 20.4. The van der Waals surface area contributed by atoms with Crippen molar-refractivity contribution in [2.24, 2.45) is 5.92 Å². The second-order valence-electron chi connectivity index (χ2n) is 7.81. The molecule has 4 rings (SSSR count). The number of rotatable bonds is 7. The van der Waals surface area contributed by atoms with Crippen LogP contribution in [-0.2, 0) is 17.8 Å². The minimum Gasteiger partial charge on any atom is -0.349 e. The van der Waals surface area contributed by atoms with Gasteiger partial charge in [0.1, 0.15) is 4.70 Å². The molecule has 3 aromatic rings. The summed E-state index contributed by atoms with van der Waals surface area (Å²) in [5.41, 5.74) is 3.25. The lowest BCUT2D eigenvalue weighted by Gasteiger charge is -2.15. The van der Waals surface area contributed by atoms with Gasteiger partial charge in [-0.1, -0.05) is 49.9 Å². The first-order valence-electron chi connectivity index (χ1n) is 10.0. The molecule has 0 spiro atoms. The lowest BCUT2D eigenvalue weighted by atomic mass is 10.1. The largest absolute Gasteiger partial charge is 0.349 e. The van der Waals surface area contributed by atoms with Crippen LogP contribution in [0.15, 0.2) is 45.7 Å². The van der Waals surface area contributed by atoms with Crippen LogP contribution in [0.2, 0.25) is 0 Å². The van der Waals surface area contributed by atoms with Crippen LogP contribution in [0.4, 0.5) is 0 Å². The van der Waals surface area contributed by atoms with Crippen molar-refractivity contribution >= 4 is 39.2 Å². The molecule has 1 N–H and O–H groups in total. The molecule has 1 atom stereocenters. The van der Waals surface area contributed by atoms with Crippen LogP contribution in [0.1, 0.15) is 43.9 Å². The summed E-state index contributed by atoms with van der Waals surface area (Å²) in [7, 11) is 0. The van der Waals surface area contributed by atoms with Crippen molar-refractivity contribution in [3.63, 3.8) is 0 Å². The number of nitrogens with zero attached hydrogens (tertiary/aromatic N) is 2. The minimum atomic E-state index is -0.0215. The number of thioether (sulfide) groups is 1. The minimum absolute atomic E-state index is 0.00159.